The Morgan fingerprint density at radius 3 is 2.83 bits per heavy atom. The Morgan fingerprint density at radius 2 is 2.17 bits per heavy atom. The highest BCUT2D eigenvalue weighted by molar-refractivity contribution is 7.18. The zero-order valence-corrected chi connectivity index (χ0v) is 11.3. The molecule has 0 amide bonds. The number of thiophene rings is 1. The van der Waals surface area contributed by atoms with E-state index in [0.717, 1.165) is 11.3 Å². The number of hydrogen-bond acceptors (Lipinski definition) is 3. The molecule has 2 nitrogen and oxygen atoms in total. The van der Waals surface area contributed by atoms with Crippen LogP contribution in [0.2, 0.25) is 4.34 Å². The molecule has 1 heterocycles. The summed E-state index contributed by atoms with van der Waals surface area (Å²) >= 11 is 7.07. The molecule has 0 unspecified atom stereocenters. The van der Waals surface area contributed by atoms with Gasteiger partial charge in [-0.1, -0.05) is 29.8 Å². The summed E-state index contributed by atoms with van der Waals surface area (Å²) in [5, 5.41) is 0. The maximum atomic E-state index is 11.8. The fourth-order valence-corrected chi connectivity index (χ4v) is 2.41. The molecule has 0 saturated carbocycles. The first kappa shape index (κ1) is 12.9. The lowest BCUT2D eigenvalue weighted by Gasteiger charge is -1.99. The summed E-state index contributed by atoms with van der Waals surface area (Å²) in [6.07, 6.45) is 3.30. The molecule has 18 heavy (non-hydrogen) atoms. The van der Waals surface area contributed by atoms with Gasteiger partial charge in [0, 0.05) is 0 Å². The minimum atomic E-state index is -0.0466. The number of hydrogen-bond donors (Lipinski definition) is 0. The van der Waals surface area contributed by atoms with Crippen LogP contribution in [0, 0.1) is 0 Å². The number of allylic oxidation sites excluding steroid dienone is 1. The normalized spacial score (nSPS) is 10.8. The van der Waals surface area contributed by atoms with Gasteiger partial charge < -0.3 is 4.74 Å². The molecule has 92 valence electrons. The third-order valence-corrected chi connectivity index (χ3v) is 3.58. The summed E-state index contributed by atoms with van der Waals surface area (Å²) in [4.78, 5) is 12.5. The van der Waals surface area contributed by atoms with Gasteiger partial charge in [0.1, 0.15) is 5.75 Å². The standard InChI is InChI=1S/C14H11ClO2S/c1-17-11-4-2-3-10(9-11)5-6-12(16)13-7-8-14(15)18-13/h2-9H,1H3. The van der Waals surface area contributed by atoms with E-state index >= 15 is 0 Å². The van der Waals surface area contributed by atoms with Crippen molar-refractivity contribution in [3.05, 3.63) is 57.3 Å². The van der Waals surface area contributed by atoms with Gasteiger partial charge in [-0.15, -0.1) is 11.3 Å². The average molecular weight is 279 g/mol. The fourth-order valence-electron chi connectivity index (χ4n) is 1.45. The third kappa shape index (κ3) is 3.22. The molecule has 2 rings (SSSR count). The lowest BCUT2D eigenvalue weighted by molar-refractivity contribution is 0.105. The van der Waals surface area contributed by atoms with Crippen LogP contribution in [0.4, 0.5) is 0 Å². The maximum Gasteiger partial charge on any atom is 0.195 e. The van der Waals surface area contributed by atoms with Crippen LogP contribution in [-0.4, -0.2) is 12.9 Å². The maximum absolute atomic E-state index is 11.8. The van der Waals surface area contributed by atoms with E-state index in [0.29, 0.717) is 9.21 Å². The monoisotopic (exact) mass is 278 g/mol. The molecule has 4 heteroatoms. The molecule has 0 saturated heterocycles. The molecule has 0 radical (unpaired) electrons. The minimum Gasteiger partial charge on any atom is -0.497 e. The molecule has 0 atom stereocenters. The first-order chi connectivity index (χ1) is 8.69. The molecule has 0 aliphatic carbocycles. The van der Waals surface area contributed by atoms with E-state index in [2.05, 4.69) is 0 Å². The largest absolute Gasteiger partial charge is 0.497 e. The Labute approximate surface area is 114 Å². The first-order valence-corrected chi connectivity index (χ1v) is 6.50. The van der Waals surface area contributed by atoms with Crippen LogP contribution in [0.1, 0.15) is 15.2 Å². The van der Waals surface area contributed by atoms with E-state index in [4.69, 9.17) is 16.3 Å². The number of carbonyl (C=O) groups excluding carboxylic acids is 1. The quantitative estimate of drug-likeness (QED) is 0.615. The van der Waals surface area contributed by atoms with Crippen molar-refractivity contribution in [2.24, 2.45) is 0 Å². The third-order valence-electron chi connectivity index (χ3n) is 2.34. The Morgan fingerprint density at radius 1 is 1.33 bits per heavy atom. The van der Waals surface area contributed by atoms with Gasteiger partial charge in [-0.2, -0.15) is 0 Å². The van der Waals surface area contributed by atoms with Crippen molar-refractivity contribution in [1.82, 2.24) is 0 Å². The van der Waals surface area contributed by atoms with Gasteiger partial charge in [0.25, 0.3) is 0 Å². The molecular weight excluding hydrogens is 268 g/mol. The van der Waals surface area contributed by atoms with Crippen molar-refractivity contribution in [3.63, 3.8) is 0 Å². The van der Waals surface area contributed by atoms with E-state index in [9.17, 15) is 4.79 Å². The molecule has 1 aromatic heterocycles. The molecule has 0 fully saturated rings. The number of ketones is 1. The summed E-state index contributed by atoms with van der Waals surface area (Å²) in [6, 6.07) is 11.0. The summed E-state index contributed by atoms with van der Waals surface area (Å²) in [6.45, 7) is 0. The number of benzene rings is 1. The zero-order valence-electron chi connectivity index (χ0n) is 9.72. The van der Waals surface area contributed by atoms with E-state index in [1.807, 2.05) is 24.3 Å². The number of ether oxygens (including phenoxy) is 1. The molecule has 0 aliphatic heterocycles. The average Bonchev–Trinajstić information content (AvgIpc) is 2.83. The second kappa shape index (κ2) is 5.85. The Hall–Kier alpha value is -1.58. The minimum absolute atomic E-state index is 0.0466. The lowest BCUT2D eigenvalue weighted by Crippen LogP contribution is -1.89. The fraction of sp³-hybridized carbons (Fsp3) is 0.0714. The van der Waals surface area contributed by atoms with Crippen molar-refractivity contribution < 1.29 is 9.53 Å². The van der Waals surface area contributed by atoms with Crippen molar-refractivity contribution >= 4 is 34.8 Å². The lowest BCUT2D eigenvalue weighted by atomic mass is 10.2. The van der Waals surface area contributed by atoms with Crippen molar-refractivity contribution in [2.75, 3.05) is 7.11 Å². The second-order valence-corrected chi connectivity index (χ2v) is 5.29. The molecule has 2 aromatic rings. The molecule has 1 aromatic carbocycles. The first-order valence-electron chi connectivity index (χ1n) is 5.31. The van der Waals surface area contributed by atoms with Crippen molar-refractivity contribution in [3.8, 4) is 5.75 Å². The number of halogens is 1. The van der Waals surface area contributed by atoms with E-state index in [-0.39, 0.29) is 5.78 Å². The topological polar surface area (TPSA) is 26.3 Å². The van der Waals surface area contributed by atoms with Gasteiger partial charge in [-0.3, -0.25) is 4.79 Å². The van der Waals surface area contributed by atoms with E-state index < -0.39 is 0 Å². The molecule has 0 bridgehead atoms. The predicted octanol–water partition coefficient (Wildman–Crippen LogP) is 4.31. The summed E-state index contributed by atoms with van der Waals surface area (Å²) in [5.74, 6) is 0.721. The molecule has 0 N–H and O–H groups in total. The van der Waals surface area contributed by atoms with Crippen molar-refractivity contribution in [1.29, 1.82) is 0 Å². The van der Waals surface area contributed by atoms with Gasteiger partial charge in [-0.05, 0) is 35.9 Å². The predicted molar refractivity (Wildman–Crippen MR) is 75.7 cm³/mol. The van der Waals surface area contributed by atoms with Crippen LogP contribution < -0.4 is 4.74 Å². The van der Waals surface area contributed by atoms with Gasteiger partial charge in [0.2, 0.25) is 0 Å². The highest BCUT2D eigenvalue weighted by Gasteiger charge is 2.04. The van der Waals surface area contributed by atoms with Crippen LogP contribution in [0.3, 0.4) is 0 Å². The SMILES string of the molecule is COc1cccc(C=CC(=O)c2ccc(Cl)s2)c1. The summed E-state index contributed by atoms with van der Waals surface area (Å²) in [5.41, 5.74) is 0.922. The highest BCUT2D eigenvalue weighted by Crippen LogP contribution is 2.22. The van der Waals surface area contributed by atoms with Gasteiger partial charge >= 0.3 is 0 Å². The summed E-state index contributed by atoms with van der Waals surface area (Å²) < 4.78 is 5.73. The van der Waals surface area contributed by atoms with Crippen molar-refractivity contribution in [2.45, 2.75) is 0 Å². The Kier molecular flexibility index (Phi) is 4.18. The van der Waals surface area contributed by atoms with Crippen LogP contribution in [0.15, 0.2) is 42.5 Å². The van der Waals surface area contributed by atoms with Crippen LogP contribution in [0.25, 0.3) is 6.08 Å². The van der Waals surface area contributed by atoms with E-state index in [1.165, 1.54) is 17.4 Å². The van der Waals surface area contributed by atoms with Crippen LogP contribution >= 0.6 is 22.9 Å². The Balaban J connectivity index is 2.12. The zero-order chi connectivity index (χ0) is 13.0. The second-order valence-electron chi connectivity index (χ2n) is 3.58. The van der Waals surface area contributed by atoms with E-state index in [1.54, 1.807) is 25.3 Å². The van der Waals surface area contributed by atoms with Gasteiger partial charge in [0.15, 0.2) is 5.78 Å². The van der Waals surface area contributed by atoms with Crippen LogP contribution in [0.5, 0.6) is 5.75 Å². The number of methoxy groups -OCH3 is 1. The summed E-state index contributed by atoms with van der Waals surface area (Å²) in [7, 11) is 1.61. The highest BCUT2D eigenvalue weighted by atomic mass is 35.5. The Bertz CT molecular complexity index is 587. The van der Waals surface area contributed by atoms with Crippen LogP contribution in [-0.2, 0) is 0 Å². The number of rotatable bonds is 4. The van der Waals surface area contributed by atoms with Gasteiger partial charge in [0.05, 0.1) is 16.3 Å². The smallest absolute Gasteiger partial charge is 0.195 e. The van der Waals surface area contributed by atoms with Gasteiger partial charge in [-0.25, -0.2) is 0 Å². The number of carbonyl (C=O) groups is 1. The molecule has 0 spiro atoms. The molecular formula is C14H11ClO2S. The molecule has 0 aliphatic rings.